The van der Waals surface area contributed by atoms with Gasteiger partial charge in [-0.1, -0.05) is 32.9 Å². The summed E-state index contributed by atoms with van der Waals surface area (Å²) in [6.07, 6.45) is 6.29. The maximum Gasteiger partial charge on any atom is 0.334 e. The monoisotopic (exact) mass is 393 g/mol. The van der Waals surface area contributed by atoms with Crippen molar-refractivity contribution in [1.82, 2.24) is 4.90 Å². The molecule has 1 aliphatic heterocycles. The quantitative estimate of drug-likeness (QED) is 0.652. The van der Waals surface area contributed by atoms with E-state index in [2.05, 4.69) is 0 Å². The first-order chi connectivity index (χ1) is 12.7. The van der Waals surface area contributed by atoms with Crippen LogP contribution in [0.4, 0.5) is 4.39 Å². The highest BCUT2D eigenvalue weighted by atomic mass is 32.2. The lowest BCUT2D eigenvalue weighted by Gasteiger charge is -2.37. The number of rotatable bonds is 8. The lowest BCUT2D eigenvalue weighted by Crippen LogP contribution is -2.43. The minimum absolute atomic E-state index is 0.244. The van der Waals surface area contributed by atoms with Crippen molar-refractivity contribution in [2.75, 3.05) is 12.3 Å². The number of thioether (sulfide) groups is 1. The van der Waals surface area contributed by atoms with Crippen molar-refractivity contribution in [3.8, 4) is 0 Å². The number of allylic oxidation sites excluding steroid dienone is 2. The molecule has 27 heavy (non-hydrogen) atoms. The average molecular weight is 394 g/mol. The van der Waals surface area contributed by atoms with Gasteiger partial charge < -0.3 is 15.1 Å². The zero-order chi connectivity index (χ0) is 20.0. The molecule has 0 fully saturated rings. The Morgan fingerprint density at radius 2 is 1.96 bits per heavy atom. The van der Waals surface area contributed by atoms with Crippen LogP contribution in [0.5, 0.6) is 0 Å². The third kappa shape index (κ3) is 6.40. The van der Waals surface area contributed by atoms with Crippen molar-refractivity contribution < 1.29 is 19.4 Å². The Labute approximate surface area is 164 Å². The second kappa shape index (κ2) is 9.42. The Hall–Kier alpha value is -1.79. The molecule has 148 valence electrons. The van der Waals surface area contributed by atoms with Crippen LogP contribution in [-0.2, 0) is 11.2 Å². The Bertz CT molecular complexity index is 694. The number of aliphatic hydroxyl groups is 1. The van der Waals surface area contributed by atoms with E-state index in [0.717, 1.165) is 24.2 Å². The summed E-state index contributed by atoms with van der Waals surface area (Å²) in [7, 11) is 0. The van der Waals surface area contributed by atoms with Gasteiger partial charge in [0.15, 0.2) is 0 Å². The molecule has 0 radical (unpaired) electrons. The summed E-state index contributed by atoms with van der Waals surface area (Å²) in [5.74, 6) is -0.417. The summed E-state index contributed by atoms with van der Waals surface area (Å²) < 4.78 is 13.0. The highest BCUT2D eigenvalue weighted by Crippen LogP contribution is 2.30. The molecule has 6 heteroatoms. The SMILES string of the molecule is CC(C)(C)C(O)CN1C=CC=C(C(=O)O)C1SCCCc1ccc(F)cc1. The van der Waals surface area contributed by atoms with Gasteiger partial charge in [0.1, 0.15) is 11.2 Å². The molecule has 2 atom stereocenters. The van der Waals surface area contributed by atoms with Crippen molar-refractivity contribution in [1.29, 1.82) is 0 Å². The van der Waals surface area contributed by atoms with Gasteiger partial charge in [-0.2, -0.15) is 0 Å². The van der Waals surface area contributed by atoms with E-state index >= 15 is 0 Å². The Balaban J connectivity index is 1.97. The molecule has 0 amide bonds. The molecule has 0 saturated heterocycles. The second-order valence-corrected chi connectivity index (χ2v) is 8.99. The molecule has 2 N–H and O–H groups in total. The molecule has 1 heterocycles. The molecule has 1 aliphatic rings. The number of carboxylic acids is 1. The normalized spacial score (nSPS) is 18.3. The molecular formula is C21H28FNO3S. The molecule has 0 saturated carbocycles. The minimum Gasteiger partial charge on any atom is -0.478 e. The number of hydrogen-bond donors (Lipinski definition) is 2. The van der Waals surface area contributed by atoms with Crippen molar-refractivity contribution in [2.45, 2.75) is 45.1 Å². The topological polar surface area (TPSA) is 60.8 Å². The summed E-state index contributed by atoms with van der Waals surface area (Å²) in [5.41, 5.74) is 1.11. The van der Waals surface area contributed by atoms with E-state index in [1.807, 2.05) is 31.9 Å². The number of halogens is 1. The predicted molar refractivity (Wildman–Crippen MR) is 108 cm³/mol. The minimum atomic E-state index is -0.939. The second-order valence-electron chi connectivity index (χ2n) is 7.80. The number of carbonyl (C=O) groups is 1. The van der Waals surface area contributed by atoms with E-state index in [9.17, 15) is 19.4 Å². The first kappa shape index (κ1) is 21.5. The summed E-state index contributed by atoms with van der Waals surface area (Å²) in [6.45, 7) is 6.26. The summed E-state index contributed by atoms with van der Waals surface area (Å²) in [4.78, 5) is 13.5. The third-order valence-electron chi connectivity index (χ3n) is 4.55. The number of hydrogen-bond acceptors (Lipinski definition) is 4. The average Bonchev–Trinajstić information content (AvgIpc) is 2.60. The molecule has 0 aromatic heterocycles. The fraction of sp³-hybridized carbons (Fsp3) is 0.476. The van der Waals surface area contributed by atoms with Gasteiger partial charge in [0.2, 0.25) is 0 Å². The first-order valence-electron chi connectivity index (χ1n) is 9.10. The lowest BCUT2D eigenvalue weighted by atomic mass is 9.89. The number of β-amino-alcohol motifs (C(OH)–C–C–N with tert-alkyl or cyclic N) is 1. The van der Waals surface area contributed by atoms with Gasteiger partial charge in [0, 0.05) is 12.7 Å². The first-order valence-corrected chi connectivity index (χ1v) is 10.1. The van der Waals surface area contributed by atoms with Crippen molar-refractivity contribution in [3.63, 3.8) is 0 Å². The molecule has 2 rings (SSSR count). The van der Waals surface area contributed by atoms with Gasteiger partial charge >= 0.3 is 5.97 Å². The van der Waals surface area contributed by atoms with Gasteiger partial charge in [0.25, 0.3) is 0 Å². The Morgan fingerprint density at radius 1 is 1.30 bits per heavy atom. The van der Waals surface area contributed by atoms with Crippen LogP contribution in [0.3, 0.4) is 0 Å². The highest BCUT2D eigenvalue weighted by Gasteiger charge is 2.31. The number of aliphatic hydroxyl groups excluding tert-OH is 1. The van der Waals surface area contributed by atoms with Crippen LogP contribution < -0.4 is 0 Å². The van der Waals surface area contributed by atoms with E-state index in [1.54, 1.807) is 36.0 Å². The fourth-order valence-corrected chi connectivity index (χ4v) is 3.95. The molecule has 0 spiro atoms. The summed E-state index contributed by atoms with van der Waals surface area (Å²) >= 11 is 1.56. The zero-order valence-electron chi connectivity index (χ0n) is 16.1. The lowest BCUT2D eigenvalue weighted by molar-refractivity contribution is -0.133. The van der Waals surface area contributed by atoms with E-state index in [1.165, 1.54) is 12.1 Å². The Kier molecular flexibility index (Phi) is 7.50. The third-order valence-corrected chi connectivity index (χ3v) is 5.91. The highest BCUT2D eigenvalue weighted by molar-refractivity contribution is 8.00. The molecular weight excluding hydrogens is 365 g/mol. The largest absolute Gasteiger partial charge is 0.478 e. The van der Waals surface area contributed by atoms with Gasteiger partial charge in [0.05, 0.1) is 11.7 Å². The molecule has 1 aromatic carbocycles. The van der Waals surface area contributed by atoms with E-state index in [4.69, 9.17) is 0 Å². The van der Waals surface area contributed by atoms with Crippen LogP contribution in [0.2, 0.25) is 0 Å². The van der Waals surface area contributed by atoms with E-state index < -0.39 is 12.1 Å². The van der Waals surface area contributed by atoms with E-state index in [-0.39, 0.29) is 16.6 Å². The van der Waals surface area contributed by atoms with Crippen LogP contribution in [0.25, 0.3) is 0 Å². The van der Waals surface area contributed by atoms with Crippen LogP contribution in [0.1, 0.15) is 32.8 Å². The molecule has 0 bridgehead atoms. The van der Waals surface area contributed by atoms with Crippen LogP contribution in [0, 0.1) is 11.2 Å². The fourth-order valence-electron chi connectivity index (χ4n) is 2.71. The van der Waals surface area contributed by atoms with Gasteiger partial charge in [-0.05, 0) is 53.9 Å². The zero-order valence-corrected chi connectivity index (χ0v) is 16.9. The molecule has 4 nitrogen and oxygen atoms in total. The Morgan fingerprint density at radius 3 is 2.56 bits per heavy atom. The number of nitrogens with zero attached hydrogens (tertiary/aromatic N) is 1. The maximum absolute atomic E-state index is 13.0. The molecule has 2 unspecified atom stereocenters. The van der Waals surface area contributed by atoms with Gasteiger partial charge in [-0.25, -0.2) is 9.18 Å². The maximum atomic E-state index is 13.0. The number of aliphatic carboxylic acids is 1. The van der Waals surface area contributed by atoms with Crippen LogP contribution in [-0.4, -0.2) is 44.9 Å². The smallest absolute Gasteiger partial charge is 0.334 e. The van der Waals surface area contributed by atoms with Gasteiger partial charge in [-0.3, -0.25) is 0 Å². The number of carboxylic acid groups (broad SMARTS) is 1. The van der Waals surface area contributed by atoms with E-state index in [0.29, 0.717) is 12.1 Å². The number of aryl methyl sites for hydroxylation is 1. The van der Waals surface area contributed by atoms with Crippen molar-refractivity contribution in [3.05, 3.63) is 59.6 Å². The summed E-state index contributed by atoms with van der Waals surface area (Å²) in [6, 6.07) is 6.46. The molecule has 1 aromatic rings. The summed E-state index contributed by atoms with van der Waals surface area (Å²) in [5, 5.41) is 19.6. The van der Waals surface area contributed by atoms with Crippen LogP contribution in [0.15, 0.2) is 48.2 Å². The van der Waals surface area contributed by atoms with Crippen molar-refractivity contribution >= 4 is 17.7 Å². The number of benzene rings is 1. The van der Waals surface area contributed by atoms with Crippen LogP contribution >= 0.6 is 11.8 Å². The molecule has 0 aliphatic carbocycles. The standard InChI is InChI=1S/C21H28FNO3S/c1-21(2,3)18(24)14-23-12-4-7-17(20(25)26)19(23)27-13-5-6-15-8-10-16(22)11-9-15/h4,7-12,18-19,24H,5-6,13-14H2,1-3H3,(H,25,26). The predicted octanol–water partition coefficient (Wildman–Crippen LogP) is 4.06. The van der Waals surface area contributed by atoms with Crippen molar-refractivity contribution in [2.24, 2.45) is 5.41 Å². The van der Waals surface area contributed by atoms with Gasteiger partial charge in [-0.15, -0.1) is 11.8 Å².